The summed E-state index contributed by atoms with van der Waals surface area (Å²) >= 11 is 1.65. The van der Waals surface area contributed by atoms with E-state index in [1.54, 1.807) is 18.0 Å². The second kappa shape index (κ2) is 11.6. The number of carbonyl (C=O) groups excluding carboxylic acids is 1. The maximum Gasteiger partial charge on any atom is 0.254 e. The molecule has 0 spiro atoms. The van der Waals surface area contributed by atoms with E-state index in [0.29, 0.717) is 17.5 Å². The first kappa shape index (κ1) is 24.3. The summed E-state index contributed by atoms with van der Waals surface area (Å²) < 4.78 is 0. The summed E-state index contributed by atoms with van der Waals surface area (Å²) in [5.41, 5.74) is 2.88. The first-order valence-corrected chi connectivity index (χ1v) is 13.2. The first-order valence-electron chi connectivity index (χ1n) is 12.2. The van der Waals surface area contributed by atoms with Crippen LogP contribution in [0.3, 0.4) is 0 Å². The van der Waals surface area contributed by atoms with Gasteiger partial charge in [0.2, 0.25) is 0 Å². The lowest BCUT2D eigenvalue weighted by Crippen LogP contribution is -2.34. The van der Waals surface area contributed by atoms with Gasteiger partial charge in [-0.3, -0.25) is 4.79 Å². The van der Waals surface area contributed by atoms with Crippen molar-refractivity contribution < 1.29 is 4.79 Å². The van der Waals surface area contributed by atoms with Gasteiger partial charge in [0, 0.05) is 50.0 Å². The van der Waals surface area contributed by atoms with E-state index in [1.807, 2.05) is 18.2 Å². The molecule has 0 atom stereocenters. The second-order valence-electron chi connectivity index (χ2n) is 9.21. The fourth-order valence-electron chi connectivity index (χ4n) is 4.53. The van der Waals surface area contributed by atoms with Crippen molar-refractivity contribution in [3.63, 3.8) is 0 Å². The van der Waals surface area contributed by atoms with Crippen LogP contribution in [0, 0.1) is 5.92 Å². The number of fused-ring (bicyclic) bond motifs is 1. The minimum atomic E-state index is -0.0106. The largest absolute Gasteiger partial charge is 0.377 e. The van der Waals surface area contributed by atoms with Gasteiger partial charge in [-0.1, -0.05) is 25.1 Å². The lowest BCUT2D eigenvalue weighted by molar-refractivity contribution is 0.0939. The number of nitrogens with one attached hydrogen (secondary N) is 2. The van der Waals surface area contributed by atoms with Gasteiger partial charge in [-0.2, -0.15) is 0 Å². The van der Waals surface area contributed by atoms with Gasteiger partial charge in [0.05, 0.1) is 11.1 Å². The Kier molecular flexibility index (Phi) is 8.27. The van der Waals surface area contributed by atoms with Crippen molar-refractivity contribution in [2.75, 3.05) is 36.6 Å². The zero-order valence-electron chi connectivity index (χ0n) is 20.4. The number of carbonyl (C=O) groups is 1. The highest BCUT2D eigenvalue weighted by Gasteiger charge is 2.23. The number of para-hydroxylation sites is 1. The van der Waals surface area contributed by atoms with Crippen molar-refractivity contribution in [2.45, 2.75) is 50.1 Å². The minimum absolute atomic E-state index is 0.0106. The van der Waals surface area contributed by atoms with E-state index in [9.17, 15) is 4.79 Å². The molecule has 6 nitrogen and oxygen atoms in total. The fourth-order valence-corrected chi connectivity index (χ4v) is 5.38. The van der Waals surface area contributed by atoms with Crippen LogP contribution in [0.15, 0.2) is 53.7 Å². The average molecular weight is 478 g/mol. The number of rotatable bonds is 9. The highest BCUT2D eigenvalue weighted by molar-refractivity contribution is 7.99. The number of hydrogen-bond acceptors (Lipinski definition) is 6. The Morgan fingerprint density at radius 2 is 1.91 bits per heavy atom. The van der Waals surface area contributed by atoms with E-state index in [1.165, 1.54) is 11.1 Å². The molecule has 0 bridgehead atoms. The molecule has 0 radical (unpaired) electrons. The zero-order valence-corrected chi connectivity index (χ0v) is 21.2. The van der Waals surface area contributed by atoms with Crippen LogP contribution in [0.25, 0.3) is 10.9 Å². The topological polar surface area (TPSA) is 70.2 Å². The fraction of sp³-hybridized carbons (Fsp3) is 0.444. The van der Waals surface area contributed by atoms with Crippen molar-refractivity contribution in [3.8, 4) is 0 Å². The predicted molar refractivity (Wildman–Crippen MR) is 143 cm³/mol. The maximum absolute atomic E-state index is 12.8. The van der Waals surface area contributed by atoms with E-state index >= 15 is 0 Å². The molecule has 0 aliphatic heterocycles. The summed E-state index contributed by atoms with van der Waals surface area (Å²) in [5.74, 6) is 2.40. The van der Waals surface area contributed by atoms with Gasteiger partial charge in [-0.05, 0) is 62.0 Å². The molecule has 180 valence electrons. The number of anilines is 2. The van der Waals surface area contributed by atoms with Gasteiger partial charge >= 0.3 is 0 Å². The third-order valence-corrected chi connectivity index (χ3v) is 7.60. The van der Waals surface area contributed by atoms with Crippen LogP contribution in [0.2, 0.25) is 0 Å². The van der Waals surface area contributed by atoms with E-state index in [0.717, 1.165) is 60.8 Å². The number of nitrogens with zero attached hydrogens (tertiary/aromatic N) is 3. The molecule has 7 heteroatoms. The Labute approximate surface area is 206 Å². The quantitative estimate of drug-likeness (QED) is 0.391. The molecule has 2 aromatic heterocycles. The molecule has 34 heavy (non-hydrogen) atoms. The van der Waals surface area contributed by atoms with Gasteiger partial charge in [0.25, 0.3) is 5.91 Å². The van der Waals surface area contributed by atoms with Crippen LogP contribution in [0.1, 0.15) is 49.4 Å². The Hall–Kier alpha value is -2.80. The number of pyridine rings is 2. The smallest absolute Gasteiger partial charge is 0.254 e. The molecule has 1 amide bonds. The average Bonchev–Trinajstić information content (AvgIpc) is 2.86. The number of benzene rings is 1. The molecule has 4 rings (SSSR count). The minimum Gasteiger partial charge on any atom is -0.377 e. The van der Waals surface area contributed by atoms with Crippen molar-refractivity contribution >= 4 is 40.1 Å². The van der Waals surface area contributed by atoms with Crippen molar-refractivity contribution in [2.24, 2.45) is 5.92 Å². The van der Waals surface area contributed by atoms with Crippen LogP contribution in [-0.4, -0.2) is 48.3 Å². The van der Waals surface area contributed by atoms with Crippen LogP contribution in [0.5, 0.6) is 0 Å². The molecule has 1 saturated carbocycles. The summed E-state index contributed by atoms with van der Waals surface area (Å²) in [5, 5.41) is 8.83. The Morgan fingerprint density at radius 1 is 1.12 bits per heavy atom. The van der Waals surface area contributed by atoms with Crippen LogP contribution < -0.4 is 15.5 Å². The third-order valence-electron chi connectivity index (χ3n) is 6.38. The first-order chi connectivity index (χ1) is 16.5. The Bertz CT molecular complexity index is 1110. The lowest BCUT2D eigenvalue weighted by atomic mass is 9.86. The molecule has 1 aliphatic carbocycles. The summed E-state index contributed by atoms with van der Waals surface area (Å²) in [6.45, 7) is 2.86. The van der Waals surface area contributed by atoms with Gasteiger partial charge in [0.1, 0.15) is 10.8 Å². The molecule has 1 aromatic carbocycles. The maximum atomic E-state index is 12.8. The summed E-state index contributed by atoms with van der Waals surface area (Å²) in [7, 11) is 4.14. The van der Waals surface area contributed by atoms with Gasteiger partial charge in [0.15, 0.2) is 0 Å². The normalized spacial score (nSPS) is 18.0. The van der Waals surface area contributed by atoms with Crippen LogP contribution >= 0.6 is 11.8 Å². The van der Waals surface area contributed by atoms with Crippen molar-refractivity contribution in [1.82, 2.24) is 15.3 Å². The van der Waals surface area contributed by atoms with Crippen molar-refractivity contribution in [3.05, 3.63) is 54.2 Å². The van der Waals surface area contributed by atoms with E-state index < -0.39 is 0 Å². The Balaban J connectivity index is 1.30. The molecule has 0 saturated heterocycles. The van der Waals surface area contributed by atoms with Crippen molar-refractivity contribution in [1.29, 1.82) is 0 Å². The van der Waals surface area contributed by atoms with Crippen LogP contribution in [0.4, 0.5) is 11.5 Å². The molecule has 2 N–H and O–H groups in total. The SMILES string of the molecule is CCCSc1ncccc1C(=O)NCC1CCC(Nc2cc(N(C)C)c3ccccc3n2)CC1. The van der Waals surface area contributed by atoms with E-state index in [-0.39, 0.29) is 5.91 Å². The third kappa shape index (κ3) is 6.00. The van der Waals surface area contributed by atoms with E-state index in [4.69, 9.17) is 4.98 Å². The number of thioether (sulfide) groups is 1. The lowest BCUT2D eigenvalue weighted by Gasteiger charge is -2.30. The molecule has 1 aliphatic rings. The monoisotopic (exact) mass is 477 g/mol. The second-order valence-corrected chi connectivity index (χ2v) is 10.3. The molecule has 2 heterocycles. The van der Waals surface area contributed by atoms with Gasteiger partial charge < -0.3 is 15.5 Å². The molecule has 1 fully saturated rings. The zero-order chi connectivity index (χ0) is 23.9. The van der Waals surface area contributed by atoms with Gasteiger partial charge in [-0.15, -0.1) is 11.8 Å². The Morgan fingerprint density at radius 3 is 2.68 bits per heavy atom. The summed E-state index contributed by atoms with van der Waals surface area (Å²) in [6, 6.07) is 14.6. The number of hydrogen-bond donors (Lipinski definition) is 2. The molecule has 3 aromatic rings. The van der Waals surface area contributed by atoms with E-state index in [2.05, 4.69) is 65.8 Å². The summed E-state index contributed by atoms with van der Waals surface area (Å²) in [6.07, 6.45) is 7.17. The predicted octanol–water partition coefficient (Wildman–Crippen LogP) is 5.60. The van der Waals surface area contributed by atoms with Gasteiger partial charge in [-0.25, -0.2) is 9.97 Å². The van der Waals surface area contributed by atoms with Crippen LogP contribution in [-0.2, 0) is 0 Å². The summed E-state index contributed by atoms with van der Waals surface area (Å²) in [4.78, 5) is 24.2. The molecular formula is C27H35N5OS. The standard InChI is InChI=1S/C27H35N5OS/c1-4-16-34-27-22(9-7-15-28-27)26(33)29-18-19-11-13-20(14-12-19)30-25-17-24(32(2)3)21-8-5-6-10-23(21)31-25/h5-10,15,17,19-20H,4,11-14,16,18H2,1-3H3,(H,29,33)(H,30,31). The highest BCUT2D eigenvalue weighted by atomic mass is 32.2. The highest BCUT2D eigenvalue weighted by Crippen LogP contribution is 2.30. The number of aromatic nitrogens is 2. The molecular weight excluding hydrogens is 442 g/mol. The molecule has 0 unspecified atom stereocenters. The number of amides is 1.